The van der Waals surface area contributed by atoms with E-state index in [1.807, 2.05) is 0 Å². The van der Waals surface area contributed by atoms with Crippen LogP contribution in [-0.4, -0.2) is 24.9 Å². The molecule has 0 spiro atoms. The molecule has 0 aliphatic carbocycles. The maximum absolute atomic E-state index is 9.99. The molecular formula is C4H6O3S. The zero-order chi connectivity index (χ0) is 6.41. The Balaban J connectivity index is 2.99. The van der Waals surface area contributed by atoms with E-state index in [2.05, 4.69) is 17.4 Å². The second-order valence-corrected chi connectivity index (χ2v) is 1.48. The van der Waals surface area contributed by atoms with E-state index in [4.69, 9.17) is 0 Å². The van der Waals surface area contributed by atoms with Gasteiger partial charge in [-0.15, -0.1) is 0 Å². The van der Waals surface area contributed by atoms with Crippen LogP contribution in [0.5, 0.6) is 0 Å². The molecule has 2 radical (unpaired) electrons. The van der Waals surface area contributed by atoms with E-state index < -0.39 is 12.6 Å². The van der Waals surface area contributed by atoms with Crippen LogP contribution in [0.25, 0.3) is 0 Å². The van der Waals surface area contributed by atoms with E-state index in [1.54, 1.807) is 0 Å². The van der Waals surface area contributed by atoms with Crippen molar-refractivity contribution in [2.75, 3.05) is 19.0 Å². The van der Waals surface area contributed by atoms with Gasteiger partial charge in [-0.05, 0) is 0 Å². The summed E-state index contributed by atoms with van der Waals surface area (Å²) in [4.78, 5) is 9.99. The van der Waals surface area contributed by atoms with Gasteiger partial charge in [0, 0.05) is 5.75 Å². The maximum atomic E-state index is 9.99. The molecule has 0 bridgehead atoms. The van der Waals surface area contributed by atoms with Crippen molar-refractivity contribution in [3.05, 3.63) is 0 Å². The molecule has 0 saturated carbocycles. The number of hydrogen-bond donors (Lipinski definition) is 0. The Morgan fingerprint density at radius 1 is 1.62 bits per heavy atom. The smallest absolute Gasteiger partial charge is 0.335 e. The summed E-state index contributed by atoms with van der Waals surface area (Å²) < 4.78 is 4.28. The summed E-state index contributed by atoms with van der Waals surface area (Å²) in [5, 5.41) is 9.63. The molecule has 0 N–H and O–H groups in total. The summed E-state index contributed by atoms with van der Waals surface area (Å²) in [7, 11) is 0. The molecule has 0 aromatic rings. The predicted molar refractivity (Wildman–Crippen MR) is 29.0 cm³/mol. The van der Waals surface area contributed by atoms with Crippen LogP contribution < -0.4 is 0 Å². The Morgan fingerprint density at radius 2 is 2.25 bits per heavy atom. The van der Waals surface area contributed by atoms with Gasteiger partial charge in [0.1, 0.15) is 6.61 Å². The van der Waals surface area contributed by atoms with Gasteiger partial charge in [-0.1, -0.05) is 12.6 Å². The third-order valence-corrected chi connectivity index (χ3v) is 0.631. The van der Waals surface area contributed by atoms with Gasteiger partial charge >= 0.3 is 5.97 Å². The third kappa shape index (κ3) is 3.95. The van der Waals surface area contributed by atoms with Crippen LogP contribution in [0, 0.1) is 0 Å². The fourth-order valence-corrected chi connectivity index (χ4v) is 0.281. The fourth-order valence-electron chi connectivity index (χ4n) is 0.197. The molecule has 0 fully saturated rings. The molecule has 0 atom stereocenters. The van der Waals surface area contributed by atoms with Crippen molar-refractivity contribution >= 4 is 18.6 Å². The lowest BCUT2D eigenvalue weighted by Gasteiger charge is -1.95. The minimum atomic E-state index is -0.810. The molecule has 0 aromatic heterocycles. The average molecular weight is 134 g/mol. The van der Waals surface area contributed by atoms with Gasteiger partial charge in [0.2, 0.25) is 0 Å². The molecule has 0 unspecified atom stereocenters. The summed E-state index contributed by atoms with van der Waals surface area (Å²) in [6.45, 7) is -0.633. The number of carbonyl (C=O) groups is 1. The molecular weight excluding hydrogens is 128 g/mol. The Labute approximate surface area is 53.1 Å². The molecule has 0 heterocycles. The summed E-state index contributed by atoms with van der Waals surface area (Å²) >= 11 is 4.44. The van der Waals surface area contributed by atoms with Gasteiger partial charge in [0.05, 0.1) is 0 Å². The minimum Gasteiger partial charge on any atom is -0.463 e. The molecule has 0 saturated heterocycles. The fraction of sp³-hybridized carbons (Fsp3) is 0.750. The van der Waals surface area contributed by atoms with Crippen LogP contribution in [0.2, 0.25) is 0 Å². The highest BCUT2D eigenvalue weighted by molar-refractivity contribution is 7.80. The lowest BCUT2D eigenvalue weighted by molar-refractivity contribution is -0.148. The first-order valence-corrected chi connectivity index (χ1v) is 2.71. The molecule has 3 nitrogen and oxygen atoms in total. The Hall–Kier alpha value is -0.220. The summed E-state index contributed by atoms with van der Waals surface area (Å²) in [5.74, 6) is -0.374. The van der Waals surface area contributed by atoms with Gasteiger partial charge in [0.15, 0.2) is 6.61 Å². The Bertz CT molecular complexity index is 73.7. The highest BCUT2D eigenvalue weighted by Crippen LogP contribution is 1.78. The summed E-state index contributed by atoms with van der Waals surface area (Å²) in [5.41, 5.74) is 0. The van der Waals surface area contributed by atoms with Crippen molar-refractivity contribution in [2.24, 2.45) is 0 Å². The standard InChI is InChI=1S/C4H6O3S/c5-3-4(6)7-1-2-8/h1-3H2. The first kappa shape index (κ1) is 7.78. The lowest BCUT2D eigenvalue weighted by Crippen LogP contribution is -2.09. The van der Waals surface area contributed by atoms with E-state index in [1.165, 1.54) is 0 Å². The first-order chi connectivity index (χ1) is 3.81. The van der Waals surface area contributed by atoms with Crippen LogP contribution in [0.1, 0.15) is 0 Å². The number of esters is 1. The zero-order valence-corrected chi connectivity index (χ0v) is 5.07. The van der Waals surface area contributed by atoms with Crippen LogP contribution in [0.3, 0.4) is 0 Å². The molecule has 0 aliphatic heterocycles. The monoisotopic (exact) mass is 134 g/mol. The van der Waals surface area contributed by atoms with E-state index >= 15 is 0 Å². The second-order valence-electron chi connectivity index (χ2n) is 1.07. The van der Waals surface area contributed by atoms with E-state index in [9.17, 15) is 9.90 Å². The SMILES string of the molecule is [O]CC(=O)OCC[S]. The number of ether oxygens (including phenoxy) is 1. The summed E-state index contributed by atoms with van der Waals surface area (Å²) in [6, 6.07) is 0. The molecule has 0 amide bonds. The van der Waals surface area contributed by atoms with Crippen molar-refractivity contribution in [3.8, 4) is 0 Å². The molecule has 0 aromatic carbocycles. The quantitative estimate of drug-likeness (QED) is 0.516. The van der Waals surface area contributed by atoms with Crippen molar-refractivity contribution in [1.29, 1.82) is 0 Å². The second kappa shape index (κ2) is 4.93. The summed E-state index contributed by atoms with van der Waals surface area (Å²) in [6.07, 6.45) is 0. The van der Waals surface area contributed by atoms with E-state index in [0.717, 1.165) is 0 Å². The van der Waals surface area contributed by atoms with Crippen LogP contribution in [0.4, 0.5) is 0 Å². The van der Waals surface area contributed by atoms with Crippen molar-refractivity contribution in [3.63, 3.8) is 0 Å². The number of hydrogen-bond acceptors (Lipinski definition) is 2. The maximum Gasteiger partial charge on any atom is 0.335 e. The molecule has 0 rings (SSSR count). The van der Waals surface area contributed by atoms with Crippen LogP contribution in [-0.2, 0) is 14.6 Å². The van der Waals surface area contributed by atoms with E-state index in [-0.39, 0.29) is 6.61 Å². The normalized spacial score (nSPS) is 8.75. The molecule has 0 aliphatic rings. The van der Waals surface area contributed by atoms with Crippen molar-refractivity contribution in [1.82, 2.24) is 0 Å². The molecule has 4 heteroatoms. The average Bonchev–Trinajstić information content (AvgIpc) is 1.83. The molecule has 46 valence electrons. The Morgan fingerprint density at radius 3 is 2.62 bits per heavy atom. The van der Waals surface area contributed by atoms with Crippen LogP contribution in [0.15, 0.2) is 0 Å². The lowest BCUT2D eigenvalue weighted by atomic mass is 10.7. The zero-order valence-electron chi connectivity index (χ0n) is 4.25. The van der Waals surface area contributed by atoms with Gasteiger partial charge < -0.3 is 4.74 Å². The minimum absolute atomic E-state index is 0.177. The highest BCUT2D eigenvalue weighted by Gasteiger charge is 1.96. The van der Waals surface area contributed by atoms with Crippen LogP contribution >= 0.6 is 12.6 Å². The highest BCUT2D eigenvalue weighted by atomic mass is 32.1. The van der Waals surface area contributed by atoms with Gasteiger partial charge in [-0.2, -0.15) is 0 Å². The Kier molecular flexibility index (Phi) is 4.79. The van der Waals surface area contributed by atoms with Gasteiger partial charge in [-0.25, -0.2) is 9.90 Å². The van der Waals surface area contributed by atoms with Crippen molar-refractivity contribution < 1.29 is 14.6 Å². The van der Waals surface area contributed by atoms with Gasteiger partial charge in [-0.3, -0.25) is 0 Å². The molecule has 8 heavy (non-hydrogen) atoms. The number of rotatable bonds is 3. The largest absolute Gasteiger partial charge is 0.463 e. The number of carbonyl (C=O) groups excluding carboxylic acids is 1. The topological polar surface area (TPSA) is 46.2 Å². The third-order valence-electron chi connectivity index (χ3n) is 0.464. The van der Waals surface area contributed by atoms with E-state index in [0.29, 0.717) is 5.75 Å². The first-order valence-electron chi connectivity index (χ1n) is 2.13. The van der Waals surface area contributed by atoms with Crippen molar-refractivity contribution in [2.45, 2.75) is 0 Å². The predicted octanol–water partition coefficient (Wildman–Crippen LogP) is 0.158. The van der Waals surface area contributed by atoms with Gasteiger partial charge in [0.25, 0.3) is 0 Å².